The number of benzene rings is 2. The molecule has 6 heteroatoms. The van der Waals surface area contributed by atoms with Gasteiger partial charge in [0, 0.05) is 24.1 Å². The van der Waals surface area contributed by atoms with Crippen molar-refractivity contribution in [2.24, 2.45) is 0 Å². The van der Waals surface area contributed by atoms with Gasteiger partial charge in [0.25, 0.3) is 0 Å². The third kappa shape index (κ3) is 3.04. The number of aromatic nitrogens is 1. The van der Waals surface area contributed by atoms with Crippen LogP contribution in [0.3, 0.4) is 0 Å². The summed E-state index contributed by atoms with van der Waals surface area (Å²) in [6, 6.07) is 19.0. The summed E-state index contributed by atoms with van der Waals surface area (Å²) in [6.07, 6.45) is 0.600. The van der Waals surface area contributed by atoms with Gasteiger partial charge in [-0.05, 0) is 12.1 Å². The van der Waals surface area contributed by atoms with Crippen molar-refractivity contribution in [2.75, 3.05) is 11.4 Å². The molecule has 0 saturated carbocycles. The zero-order chi connectivity index (χ0) is 17.2. The molecule has 1 aliphatic rings. The van der Waals surface area contributed by atoms with Gasteiger partial charge in [-0.1, -0.05) is 60.7 Å². The first-order chi connectivity index (χ1) is 12.2. The number of amides is 2. The Labute approximate surface area is 150 Å². The molecule has 1 fully saturated rings. The molecule has 1 aromatic heterocycles. The van der Waals surface area contributed by atoms with Crippen LogP contribution in [0.2, 0.25) is 0 Å². The fourth-order valence-corrected chi connectivity index (χ4v) is 2.92. The number of hydrogen-bond donors (Lipinski definition) is 1. The van der Waals surface area contributed by atoms with E-state index in [0.29, 0.717) is 35.4 Å². The lowest BCUT2D eigenvalue weighted by Gasteiger charge is -2.26. The molecular weight excluding hydrogens is 334 g/mol. The largest absolute Gasteiger partial charge is 0.434 e. The van der Waals surface area contributed by atoms with Crippen LogP contribution in [0, 0.1) is 0 Å². The third-order valence-corrected chi connectivity index (χ3v) is 4.28. The van der Waals surface area contributed by atoms with Gasteiger partial charge < -0.3 is 9.73 Å². The molecule has 0 spiro atoms. The number of nitrogens with one attached hydrogen (secondary N) is 1. The zero-order valence-corrected chi connectivity index (χ0v) is 14.1. The van der Waals surface area contributed by atoms with Gasteiger partial charge in [0.05, 0.1) is 4.99 Å². The van der Waals surface area contributed by atoms with Crippen LogP contribution in [0.25, 0.3) is 22.8 Å². The summed E-state index contributed by atoms with van der Waals surface area (Å²) >= 11 is 5.09. The molecule has 5 nitrogen and oxygen atoms in total. The van der Waals surface area contributed by atoms with E-state index in [1.165, 1.54) is 0 Å². The fourth-order valence-electron chi connectivity index (χ4n) is 2.74. The smallest absolute Gasteiger partial charge is 0.328 e. The number of carbonyl (C=O) groups is 1. The van der Waals surface area contributed by atoms with E-state index in [4.69, 9.17) is 16.6 Å². The first-order valence-corrected chi connectivity index (χ1v) is 8.36. The summed E-state index contributed by atoms with van der Waals surface area (Å²) in [4.78, 5) is 19.1. The molecule has 2 amide bonds. The van der Waals surface area contributed by atoms with Crippen LogP contribution in [0.1, 0.15) is 6.42 Å². The van der Waals surface area contributed by atoms with E-state index in [2.05, 4.69) is 10.3 Å². The maximum absolute atomic E-state index is 12.4. The summed E-state index contributed by atoms with van der Waals surface area (Å²) in [5, 5.41) is 2.69. The predicted octanol–water partition coefficient (Wildman–Crippen LogP) is 4.26. The van der Waals surface area contributed by atoms with E-state index < -0.39 is 0 Å². The number of anilines is 1. The monoisotopic (exact) mass is 349 g/mol. The lowest BCUT2D eigenvalue weighted by atomic mass is 10.1. The Hall–Kier alpha value is -2.99. The SMILES string of the molecule is O=C1NC(=S)CCN1c1nc(-c2ccccc2)oc1-c1ccccc1. The van der Waals surface area contributed by atoms with Crippen molar-refractivity contribution >= 4 is 29.1 Å². The number of thiocarbonyl (C=S) groups is 1. The second kappa shape index (κ2) is 6.49. The van der Waals surface area contributed by atoms with Crippen molar-refractivity contribution < 1.29 is 9.21 Å². The summed E-state index contributed by atoms with van der Waals surface area (Å²) in [7, 11) is 0. The lowest BCUT2D eigenvalue weighted by molar-refractivity contribution is 0.249. The average molecular weight is 349 g/mol. The highest BCUT2D eigenvalue weighted by atomic mass is 32.1. The number of hydrogen-bond acceptors (Lipinski definition) is 4. The van der Waals surface area contributed by atoms with Crippen LogP contribution in [-0.2, 0) is 0 Å². The number of urea groups is 1. The minimum Gasteiger partial charge on any atom is -0.434 e. The quantitative estimate of drug-likeness (QED) is 0.718. The molecule has 1 aliphatic heterocycles. The van der Waals surface area contributed by atoms with Crippen molar-refractivity contribution in [1.29, 1.82) is 0 Å². The van der Waals surface area contributed by atoms with Gasteiger partial charge >= 0.3 is 6.03 Å². The molecule has 0 unspecified atom stereocenters. The van der Waals surface area contributed by atoms with E-state index in [1.807, 2.05) is 60.7 Å². The van der Waals surface area contributed by atoms with E-state index in [1.54, 1.807) is 4.90 Å². The number of rotatable bonds is 3. The minimum atomic E-state index is -0.277. The molecule has 2 heterocycles. The molecule has 0 atom stereocenters. The Kier molecular flexibility index (Phi) is 4.03. The van der Waals surface area contributed by atoms with Crippen molar-refractivity contribution in [3.05, 3.63) is 60.7 Å². The molecule has 25 heavy (non-hydrogen) atoms. The van der Waals surface area contributed by atoms with Crippen molar-refractivity contribution in [2.45, 2.75) is 6.42 Å². The van der Waals surface area contributed by atoms with Crippen molar-refractivity contribution in [3.8, 4) is 22.8 Å². The van der Waals surface area contributed by atoms with Crippen molar-refractivity contribution in [1.82, 2.24) is 10.3 Å². The van der Waals surface area contributed by atoms with Crippen LogP contribution >= 0.6 is 12.2 Å². The van der Waals surface area contributed by atoms with Crippen LogP contribution < -0.4 is 10.2 Å². The summed E-state index contributed by atoms with van der Waals surface area (Å²) in [5.41, 5.74) is 1.73. The Morgan fingerprint density at radius 1 is 1.00 bits per heavy atom. The highest BCUT2D eigenvalue weighted by Crippen LogP contribution is 2.35. The molecule has 0 bridgehead atoms. The molecule has 0 radical (unpaired) electrons. The number of nitrogens with zero attached hydrogens (tertiary/aromatic N) is 2. The van der Waals surface area contributed by atoms with Gasteiger partial charge in [-0.25, -0.2) is 4.79 Å². The number of oxazole rings is 1. The topological polar surface area (TPSA) is 58.4 Å². The Bertz CT molecular complexity index is 922. The summed E-state index contributed by atoms with van der Waals surface area (Å²) in [6.45, 7) is 0.477. The standard InChI is InChI=1S/C19H15N3O2S/c23-19-20-15(25)11-12-22(19)17-16(13-7-3-1-4-8-13)24-18(21-17)14-9-5-2-6-10-14/h1-10H,11-12H2,(H,20,23,25). The van der Waals surface area contributed by atoms with Gasteiger partial charge in [-0.2, -0.15) is 4.98 Å². The highest BCUT2D eigenvalue weighted by Gasteiger charge is 2.29. The molecule has 4 rings (SSSR count). The normalized spacial score (nSPS) is 14.5. The molecule has 1 N–H and O–H groups in total. The second-order valence-electron chi connectivity index (χ2n) is 5.66. The Morgan fingerprint density at radius 3 is 2.28 bits per heavy atom. The van der Waals surface area contributed by atoms with Crippen LogP contribution in [0.15, 0.2) is 65.1 Å². The van der Waals surface area contributed by atoms with Gasteiger partial charge in [-0.15, -0.1) is 0 Å². The van der Waals surface area contributed by atoms with Crippen molar-refractivity contribution in [3.63, 3.8) is 0 Å². The van der Waals surface area contributed by atoms with E-state index >= 15 is 0 Å². The van der Waals surface area contributed by atoms with Gasteiger partial charge in [-0.3, -0.25) is 4.90 Å². The summed E-state index contributed by atoms with van der Waals surface area (Å²) in [5.74, 6) is 1.56. The van der Waals surface area contributed by atoms with E-state index in [-0.39, 0.29) is 6.03 Å². The average Bonchev–Trinajstić information content (AvgIpc) is 3.08. The molecule has 0 aliphatic carbocycles. The van der Waals surface area contributed by atoms with Gasteiger partial charge in [0.2, 0.25) is 5.89 Å². The van der Waals surface area contributed by atoms with E-state index in [0.717, 1.165) is 11.1 Å². The van der Waals surface area contributed by atoms with E-state index in [9.17, 15) is 4.79 Å². The first kappa shape index (κ1) is 15.5. The van der Waals surface area contributed by atoms with Gasteiger partial charge in [0.15, 0.2) is 11.6 Å². The fraction of sp³-hybridized carbons (Fsp3) is 0.105. The molecule has 124 valence electrons. The third-order valence-electron chi connectivity index (χ3n) is 3.98. The Balaban J connectivity index is 1.83. The Morgan fingerprint density at radius 2 is 1.64 bits per heavy atom. The first-order valence-electron chi connectivity index (χ1n) is 7.95. The van der Waals surface area contributed by atoms with Crippen LogP contribution in [0.4, 0.5) is 10.6 Å². The number of carbonyl (C=O) groups excluding carboxylic acids is 1. The maximum Gasteiger partial charge on any atom is 0.328 e. The maximum atomic E-state index is 12.4. The molecule has 1 saturated heterocycles. The highest BCUT2D eigenvalue weighted by molar-refractivity contribution is 7.80. The molecule has 2 aromatic carbocycles. The molecular formula is C19H15N3O2S. The van der Waals surface area contributed by atoms with Crippen LogP contribution in [0.5, 0.6) is 0 Å². The van der Waals surface area contributed by atoms with Gasteiger partial charge in [0.1, 0.15) is 0 Å². The van der Waals surface area contributed by atoms with Crippen LogP contribution in [-0.4, -0.2) is 22.5 Å². The lowest BCUT2D eigenvalue weighted by Crippen LogP contribution is -2.49. The zero-order valence-electron chi connectivity index (χ0n) is 13.3. The summed E-state index contributed by atoms with van der Waals surface area (Å²) < 4.78 is 6.05. The minimum absolute atomic E-state index is 0.277. The molecule has 3 aromatic rings. The second-order valence-corrected chi connectivity index (χ2v) is 6.15. The predicted molar refractivity (Wildman–Crippen MR) is 100 cm³/mol.